The minimum absolute atomic E-state index is 0.127. The van der Waals surface area contributed by atoms with Gasteiger partial charge in [0.25, 0.3) is 5.78 Å². The molecule has 3 rings (SSSR count). The van der Waals surface area contributed by atoms with Crippen LogP contribution in [0.3, 0.4) is 0 Å². The number of carbonyl (C=O) groups excluding carboxylic acids is 1. The van der Waals surface area contributed by atoms with E-state index in [1.807, 2.05) is 20.1 Å². The second-order valence-corrected chi connectivity index (χ2v) is 7.16. The summed E-state index contributed by atoms with van der Waals surface area (Å²) in [7, 11) is 3.03. The fourth-order valence-electron chi connectivity index (χ4n) is 2.85. The highest BCUT2D eigenvalue weighted by atomic mass is 35.5. The van der Waals surface area contributed by atoms with Crippen LogP contribution in [0.25, 0.3) is 5.78 Å². The van der Waals surface area contributed by atoms with Gasteiger partial charge in [-0.15, -0.1) is 5.10 Å². The number of benzene rings is 1. The highest BCUT2D eigenvalue weighted by molar-refractivity contribution is 7.98. The zero-order valence-corrected chi connectivity index (χ0v) is 17.7. The molecule has 3 aromatic rings. The Bertz CT molecular complexity index is 1050. The molecule has 8 nitrogen and oxygen atoms in total. The number of ether oxygens (including phenoxy) is 2. The lowest BCUT2D eigenvalue weighted by molar-refractivity contribution is -0.115. The van der Waals surface area contributed by atoms with Gasteiger partial charge in [0.15, 0.2) is 0 Å². The van der Waals surface area contributed by atoms with Gasteiger partial charge in [-0.1, -0.05) is 23.4 Å². The average molecular weight is 422 g/mol. The van der Waals surface area contributed by atoms with E-state index in [4.69, 9.17) is 21.1 Å². The predicted molar refractivity (Wildman–Crippen MR) is 109 cm³/mol. The quantitative estimate of drug-likeness (QED) is 0.610. The zero-order chi connectivity index (χ0) is 20.4. The fraction of sp³-hybridized carbons (Fsp3) is 0.333. The van der Waals surface area contributed by atoms with Gasteiger partial charge >= 0.3 is 0 Å². The van der Waals surface area contributed by atoms with Gasteiger partial charge in [0, 0.05) is 23.0 Å². The van der Waals surface area contributed by atoms with Crippen molar-refractivity contribution in [2.75, 3.05) is 25.8 Å². The number of amides is 1. The molecule has 0 aliphatic rings. The molecule has 0 fully saturated rings. The number of fused-ring (bicyclic) bond motifs is 1. The number of halogens is 1. The summed E-state index contributed by atoms with van der Waals surface area (Å²) in [6.07, 6.45) is 2.03. The number of anilines is 1. The summed E-state index contributed by atoms with van der Waals surface area (Å²) in [5.74, 6) is 1.22. The lowest BCUT2D eigenvalue weighted by atomic mass is 10.1. The summed E-state index contributed by atoms with van der Waals surface area (Å²) in [4.78, 5) is 21.5. The summed E-state index contributed by atoms with van der Waals surface area (Å²) in [6, 6.07) is 3.22. The van der Waals surface area contributed by atoms with E-state index < -0.39 is 0 Å². The summed E-state index contributed by atoms with van der Waals surface area (Å²) >= 11 is 7.61. The Morgan fingerprint density at radius 3 is 2.57 bits per heavy atom. The molecular weight excluding hydrogens is 402 g/mol. The number of aromatic nitrogens is 4. The van der Waals surface area contributed by atoms with Crippen molar-refractivity contribution in [1.29, 1.82) is 0 Å². The Hall–Kier alpha value is -2.52. The fourth-order valence-corrected chi connectivity index (χ4v) is 3.42. The van der Waals surface area contributed by atoms with Gasteiger partial charge < -0.3 is 14.8 Å². The van der Waals surface area contributed by atoms with E-state index in [9.17, 15) is 4.79 Å². The van der Waals surface area contributed by atoms with Crippen molar-refractivity contribution in [2.45, 2.75) is 25.4 Å². The first-order valence-electron chi connectivity index (χ1n) is 8.36. The van der Waals surface area contributed by atoms with Crippen LogP contribution >= 0.6 is 23.4 Å². The van der Waals surface area contributed by atoms with Crippen LogP contribution in [0.4, 0.5) is 5.69 Å². The maximum atomic E-state index is 12.7. The van der Waals surface area contributed by atoms with Crippen LogP contribution in [0.2, 0.25) is 5.02 Å². The molecule has 1 aromatic carbocycles. The normalized spacial score (nSPS) is 10.9. The monoisotopic (exact) mass is 421 g/mol. The Morgan fingerprint density at radius 2 is 1.93 bits per heavy atom. The minimum atomic E-state index is -0.225. The van der Waals surface area contributed by atoms with Crippen molar-refractivity contribution in [1.82, 2.24) is 19.6 Å². The van der Waals surface area contributed by atoms with Crippen LogP contribution in [0.5, 0.6) is 11.5 Å². The molecule has 0 atom stereocenters. The van der Waals surface area contributed by atoms with Crippen molar-refractivity contribution in [3.05, 3.63) is 34.1 Å². The SMILES string of the molecule is COc1cc(OC)c(NC(=O)Cc2c(C)nc3nc(SC)nn3c2C)cc1Cl. The number of hydrogen-bond donors (Lipinski definition) is 1. The van der Waals surface area contributed by atoms with E-state index in [-0.39, 0.29) is 12.3 Å². The molecule has 0 saturated heterocycles. The number of carbonyl (C=O) groups is 1. The molecule has 148 valence electrons. The number of aryl methyl sites for hydroxylation is 2. The largest absolute Gasteiger partial charge is 0.495 e. The van der Waals surface area contributed by atoms with Crippen molar-refractivity contribution in [3.63, 3.8) is 0 Å². The molecule has 0 bridgehead atoms. The topological polar surface area (TPSA) is 90.6 Å². The van der Waals surface area contributed by atoms with Gasteiger partial charge in [0.05, 0.1) is 31.4 Å². The maximum absolute atomic E-state index is 12.7. The van der Waals surface area contributed by atoms with Gasteiger partial charge in [-0.2, -0.15) is 4.98 Å². The van der Waals surface area contributed by atoms with E-state index in [2.05, 4.69) is 20.4 Å². The summed E-state index contributed by atoms with van der Waals surface area (Å²) < 4.78 is 12.2. The number of rotatable bonds is 6. The van der Waals surface area contributed by atoms with Crippen molar-refractivity contribution >= 4 is 40.7 Å². The molecule has 1 N–H and O–H groups in total. The Labute approximate surface area is 171 Å². The van der Waals surface area contributed by atoms with E-state index in [0.717, 1.165) is 17.0 Å². The van der Waals surface area contributed by atoms with E-state index in [1.165, 1.54) is 26.0 Å². The first kappa shape index (κ1) is 20.2. The molecule has 10 heteroatoms. The molecule has 1 amide bonds. The van der Waals surface area contributed by atoms with Crippen LogP contribution in [-0.4, -0.2) is 46.0 Å². The predicted octanol–water partition coefficient (Wildman–Crippen LogP) is 3.31. The second-order valence-electron chi connectivity index (χ2n) is 5.98. The van der Waals surface area contributed by atoms with Crippen LogP contribution in [-0.2, 0) is 11.2 Å². The molecule has 0 aliphatic carbocycles. The van der Waals surface area contributed by atoms with E-state index in [1.54, 1.807) is 16.6 Å². The third-order valence-electron chi connectivity index (χ3n) is 4.30. The van der Waals surface area contributed by atoms with Gasteiger partial charge in [0.1, 0.15) is 11.5 Å². The first-order valence-corrected chi connectivity index (χ1v) is 9.96. The molecule has 0 radical (unpaired) electrons. The minimum Gasteiger partial charge on any atom is -0.495 e. The lowest BCUT2D eigenvalue weighted by Gasteiger charge is -2.14. The summed E-state index contributed by atoms with van der Waals surface area (Å²) in [6.45, 7) is 3.75. The molecular formula is C18H20ClN5O3S. The standard InChI is InChI=1S/C18H20ClN5O3S/c1-9-11(10(2)24-17(20-9)22-18(23-24)28-5)6-16(25)21-13-7-12(19)14(26-3)8-15(13)27-4/h7-8H,6H2,1-5H3,(H,21,25). The molecule has 0 saturated carbocycles. The third kappa shape index (κ3) is 3.85. The zero-order valence-electron chi connectivity index (χ0n) is 16.2. The van der Waals surface area contributed by atoms with Crippen molar-refractivity contribution < 1.29 is 14.3 Å². The highest BCUT2D eigenvalue weighted by Gasteiger charge is 2.18. The van der Waals surface area contributed by atoms with Gasteiger partial charge in [-0.3, -0.25) is 4.79 Å². The van der Waals surface area contributed by atoms with E-state index >= 15 is 0 Å². The van der Waals surface area contributed by atoms with Crippen LogP contribution < -0.4 is 14.8 Å². The number of hydrogen-bond acceptors (Lipinski definition) is 7. The Balaban J connectivity index is 1.89. The lowest BCUT2D eigenvalue weighted by Crippen LogP contribution is -2.18. The van der Waals surface area contributed by atoms with E-state index in [0.29, 0.717) is 33.1 Å². The third-order valence-corrected chi connectivity index (χ3v) is 5.13. The molecule has 2 aromatic heterocycles. The smallest absolute Gasteiger partial charge is 0.253 e. The highest BCUT2D eigenvalue weighted by Crippen LogP contribution is 2.36. The van der Waals surface area contributed by atoms with Crippen molar-refractivity contribution in [3.8, 4) is 11.5 Å². The molecule has 28 heavy (non-hydrogen) atoms. The van der Waals surface area contributed by atoms with Crippen LogP contribution in [0.1, 0.15) is 17.0 Å². The molecule has 0 spiro atoms. The number of nitrogens with one attached hydrogen (secondary N) is 1. The molecule has 0 aliphatic heterocycles. The number of thioether (sulfide) groups is 1. The summed E-state index contributed by atoms with van der Waals surface area (Å²) in [5.41, 5.74) is 2.82. The second kappa shape index (κ2) is 8.24. The van der Waals surface area contributed by atoms with Gasteiger partial charge in [0.2, 0.25) is 11.1 Å². The van der Waals surface area contributed by atoms with Crippen LogP contribution in [0, 0.1) is 13.8 Å². The van der Waals surface area contributed by atoms with Gasteiger partial charge in [-0.05, 0) is 26.2 Å². The van der Waals surface area contributed by atoms with Gasteiger partial charge in [-0.25, -0.2) is 9.50 Å². The Kier molecular flexibility index (Phi) is 5.95. The molecule has 2 heterocycles. The first-order chi connectivity index (χ1) is 13.4. The maximum Gasteiger partial charge on any atom is 0.253 e. The van der Waals surface area contributed by atoms with Crippen LogP contribution in [0.15, 0.2) is 17.3 Å². The number of methoxy groups -OCH3 is 2. The summed E-state index contributed by atoms with van der Waals surface area (Å²) in [5, 5.41) is 8.25. The molecule has 0 unspecified atom stereocenters. The Morgan fingerprint density at radius 1 is 1.21 bits per heavy atom. The number of nitrogens with zero attached hydrogens (tertiary/aromatic N) is 4. The van der Waals surface area contributed by atoms with Crippen molar-refractivity contribution in [2.24, 2.45) is 0 Å². The average Bonchev–Trinajstić information content (AvgIpc) is 3.08.